The summed E-state index contributed by atoms with van der Waals surface area (Å²) >= 11 is 0. The average molecular weight is 432 g/mol. The highest BCUT2D eigenvalue weighted by atomic mass is 16.5. The van der Waals surface area contributed by atoms with Gasteiger partial charge in [0.1, 0.15) is 5.70 Å². The van der Waals surface area contributed by atoms with Crippen LogP contribution in [-0.2, 0) is 20.9 Å². The van der Waals surface area contributed by atoms with Gasteiger partial charge in [0, 0.05) is 39.3 Å². The van der Waals surface area contributed by atoms with Crippen molar-refractivity contribution >= 4 is 17.4 Å². The molecule has 32 heavy (non-hydrogen) atoms. The summed E-state index contributed by atoms with van der Waals surface area (Å²) in [5, 5.41) is 0. The van der Waals surface area contributed by atoms with Gasteiger partial charge in [0.2, 0.25) is 0 Å². The molecule has 0 aromatic heterocycles. The Kier molecular flexibility index (Phi) is 6.06. The summed E-state index contributed by atoms with van der Waals surface area (Å²) in [5.74, 6) is -0.376. The molecule has 2 fully saturated rings. The van der Waals surface area contributed by atoms with Gasteiger partial charge in [-0.15, -0.1) is 0 Å². The number of ether oxygens (including phenoxy) is 1. The molecule has 3 aliphatic rings. The maximum Gasteiger partial charge on any atom is 0.277 e. The molecule has 3 heterocycles. The number of imide groups is 1. The van der Waals surface area contributed by atoms with Crippen LogP contribution in [0.3, 0.4) is 0 Å². The van der Waals surface area contributed by atoms with Gasteiger partial charge in [-0.3, -0.25) is 19.4 Å². The van der Waals surface area contributed by atoms with E-state index in [1.54, 1.807) is 0 Å². The van der Waals surface area contributed by atoms with Crippen molar-refractivity contribution in [1.29, 1.82) is 0 Å². The highest BCUT2D eigenvalue weighted by Crippen LogP contribution is 2.33. The second kappa shape index (κ2) is 9.27. The second-order valence-electron chi connectivity index (χ2n) is 8.69. The minimum Gasteiger partial charge on any atom is -0.376 e. The van der Waals surface area contributed by atoms with Gasteiger partial charge >= 0.3 is 0 Å². The molecule has 2 saturated heterocycles. The molecule has 2 aromatic carbocycles. The molecule has 0 radical (unpaired) electrons. The lowest BCUT2D eigenvalue weighted by Gasteiger charge is -2.36. The van der Waals surface area contributed by atoms with E-state index in [4.69, 9.17) is 4.74 Å². The number of carbonyl (C=O) groups excluding carboxylic acids is 2. The predicted octanol–water partition coefficient (Wildman–Crippen LogP) is 2.76. The molecule has 1 atom stereocenters. The van der Waals surface area contributed by atoms with Crippen molar-refractivity contribution in [2.24, 2.45) is 0 Å². The Balaban J connectivity index is 1.36. The maximum atomic E-state index is 13.5. The Morgan fingerprint density at radius 2 is 1.53 bits per heavy atom. The monoisotopic (exact) mass is 431 g/mol. The number of carbonyl (C=O) groups is 2. The first-order chi connectivity index (χ1) is 15.7. The largest absolute Gasteiger partial charge is 0.376 e. The zero-order valence-corrected chi connectivity index (χ0v) is 18.3. The van der Waals surface area contributed by atoms with Crippen molar-refractivity contribution in [1.82, 2.24) is 14.7 Å². The van der Waals surface area contributed by atoms with Gasteiger partial charge in [-0.2, -0.15) is 0 Å². The van der Waals surface area contributed by atoms with Crippen LogP contribution in [0.25, 0.3) is 5.57 Å². The van der Waals surface area contributed by atoms with Crippen LogP contribution in [0.5, 0.6) is 0 Å². The van der Waals surface area contributed by atoms with Crippen molar-refractivity contribution in [2.75, 3.05) is 39.3 Å². The third-order valence-corrected chi connectivity index (χ3v) is 6.55. The minimum atomic E-state index is -0.196. The van der Waals surface area contributed by atoms with Crippen LogP contribution in [0.2, 0.25) is 0 Å². The van der Waals surface area contributed by atoms with Crippen molar-refractivity contribution in [3.05, 3.63) is 77.5 Å². The zero-order chi connectivity index (χ0) is 21.9. The molecule has 6 nitrogen and oxygen atoms in total. The fraction of sp³-hybridized carbons (Fsp3) is 0.385. The van der Waals surface area contributed by atoms with Crippen LogP contribution < -0.4 is 0 Å². The smallest absolute Gasteiger partial charge is 0.277 e. The third-order valence-electron chi connectivity index (χ3n) is 6.55. The normalized spacial score (nSPS) is 22.3. The van der Waals surface area contributed by atoms with Crippen LogP contribution in [0.1, 0.15) is 24.0 Å². The number of rotatable bonds is 6. The van der Waals surface area contributed by atoms with Gasteiger partial charge in [-0.05, 0) is 24.0 Å². The first-order valence-electron chi connectivity index (χ1n) is 11.5. The molecule has 166 valence electrons. The number of nitrogens with zero attached hydrogens (tertiary/aromatic N) is 3. The summed E-state index contributed by atoms with van der Waals surface area (Å²) in [7, 11) is 0. The SMILES string of the molecule is O=C1C(c2ccccc2)=C(N2CCN(Cc3ccccc3)CC2)C(=O)N1CC1CCCO1. The van der Waals surface area contributed by atoms with E-state index in [0.29, 0.717) is 24.4 Å². The number of hydrogen-bond donors (Lipinski definition) is 0. The predicted molar refractivity (Wildman–Crippen MR) is 122 cm³/mol. The average Bonchev–Trinajstić information content (AvgIpc) is 3.43. The molecule has 2 aromatic rings. The van der Waals surface area contributed by atoms with Gasteiger partial charge in [-0.1, -0.05) is 60.7 Å². The van der Waals surface area contributed by atoms with E-state index in [1.165, 1.54) is 10.5 Å². The number of benzene rings is 2. The Morgan fingerprint density at radius 1 is 0.844 bits per heavy atom. The van der Waals surface area contributed by atoms with Gasteiger partial charge in [-0.25, -0.2) is 0 Å². The quantitative estimate of drug-likeness (QED) is 0.659. The summed E-state index contributed by atoms with van der Waals surface area (Å²) < 4.78 is 5.72. The van der Waals surface area contributed by atoms with Crippen LogP contribution in [0, 0.1) is 0 Å². The Hall–Kier alpha value is -2.96. The molecule has 2 amide bonds. The lowest BCUT2D eigenvalue weighted by Crippen LogP contribution is -2.47. The Morgan fingerprint density at radius 3 is 2.19 bits per heavy atom. The van der Waals surface area contributed by atoms with Crippen LogP contribution >= 0.6 is 0 Å². The summed E-state index contributed by atoms with van der Waals surface area (Å²) in [6.45, 7) is 5.11. The molecular weight excluding hydrogens is 402 g/mol. The van der Waals surface area contributed by atoms with Crippen molar-refractivity contribution < 1.29 is 14.3 Å². The van der Waals surface area contributed by atoms with Crippen LogP contribution in [-0.4, -0.2) is 71.9 Å². The van der Waals surface area contributed by atoms with Gasteiger partial charge < -0.3 is 9.64 Å². The topological polar surface area (TPSA) is 53.1 Å². The molecule has 3 aliphatic heterocycles. The first-order valence-corrected chi connectivity index (χ1v) is 11.5. The fourth-order valence-electron chi connectivity index (χ4n) is 4.85. The van der Waals surface area contributed by atoms with Crippen molar-refractivity contribution in [2.45, 2.75) is 25.5 Å². The molecule has 5 rings (SSSR count). The highest BCUT2D eigenvalue weighted by Gasteiger charge is 2.43. The number of amides is 2. The third kappa shape index (κ3) is 4.20. The zero-order valence-electron chi connectivity index (χ0n) is 18.3. The van der Waals surface area contributed by atoms with Gasteiger partial charge in [0.05, 0.1) is 18.2 Å². The highest BCUT2D eigenvalue weighted by molar-refractivity contribution is 6.35. The summed E-state index contributed by atoms with van der Waals surface area (Å²) in [5.41, 5.74) is 3.19. The second-order valence-corrected chi connectivity index (χ2v) is 8.69. The van der Waals surface area contributed by atoms with E-state index in [-0.39, 0.29) is 17.9 Å². The Bertz CT molecular complexity index is 991. The van der Waals surface area contributed by atoms with Gasteiger partial charge in [0.15, 0.2) is 0 Å². The molecular formula is C26H29N3O3. The summed E-state index contributed by atoms with van der Waals surface area (Å²) in [6.07, 6.45) is 1.82. The van der Waals surface area contributed by atoms with E-state index in [1.807, 2.05) is 36.4 Å². The lowest BCUT2D eigenvalue weighted by atomic mass is 10.0. The first kappa shape index (κ1) is 20.9. The molecule has 1 unspecified atom stereocenters. The van der Waals surface area contributed by atoms with E-state index < -0.39 is 0 Å². The number of hydrogen-bond acceptors (Lipinski definition) is 5. The van der Waals surface area contributed by atoms with Crippen molar-refractivity contribution in [3.8, 4) is 0 Å². The maximum absolute atomic E-state index is 13.5. The molecule has 0 N–H and O–H groups in total. The lowest BCUT2D eigenvalue weighted by molar-refractivity contribution is -0.139. The Labute approximate surface area is 189 Å². The minimum absolute atomic E-state index is 0.0537. The van der Waals surface area contributed by atoms with Gasteiger partial charge in [0.25, 0.3) is 11.8 Å². The van der Waals surface area contributed by atoms with Crippen LogP contribution in [0.4, 0.5) is 0 Å². The summed E-state index contributed by atoms with van der Waals surface area (Å²) in [4.78, 5) is 32.8. The standard InChI is InChI=1S/C26H29N3O3/c30-25-23(21-10-5-2-6-11-21)24(26(31)29(25)19-22-12-7-17-32-22)28-15-13-27(14-16-28)18-20-8-3-1-4-9-20/h1-6,8-11,22H,7,12-19H2. The number of piperazine rings is 1. The van der Waals surface area contributed by atoms with Crippen molar-refractivity contribution in [3.63, 3.8) is 0 Å². The van der Waals surface area contributed by atoms with E-state index in [0.717, 1.165) is 51.1 Å². The van der Waals surface area contributed by atoms with E-state index in [2.05, 4.69) is 34.1 Å². The van der Waals surface area contributed by atoms with E-state index >= 15 is 0 Å². The molecule has 0 saturated carbocycles. The molecule has 0 aliphatic carbocycles. The molecule has 0 spiro atoms. The van der Waals surface area contributed by atoms with E-state index in [9.17, 15) is 9.59 Å². The van der Waals surface area contributed by atoms with Crippen LogP contribution in [0.15, 0.2) is 66.4 Å². The summed E-state index contributed by atoms with van der Waals surface area (Å²) in [6, 6.07) is 20.0. The fourth-order valence-corrected chi connectivity index (χ4v) is 4.85. The molecule has 6 heteroatoms. The molecule has 0 bridgehead atoms.